The van der Waals surface area contributed by atoms with Crippen LogP contribution < -0.4 is 4.74 Å². The van der Waals surface area contributed by atoms with Crippen molar-refractivity contribution in [3.8, 4) is 5.75 Å². The number of aliphatic hydroxyl groups excluding tert-OH is 1. The predicted molar refractivity (Wildman–Crippen MR) is 101 cm³/mol. The summed E-state index contributed by atoms with van der Waals surface area (Å²) < 4.78 is 21.2. The summed E-state index contributed by atoms with van der Waals surface area (Å²) in [5.41, 5.74) is 2.17. The fourth-order valence-electron chi connectivity index (χ4n) is 3.30. The van der Waals surface area contributed by atoms with Gasteiger partial charge in [0.1, 0.15) is 11.5 Å². The zero-order valence-corrected chi connectivity index (χ0v) is 15.5. The van der Waals surface area contributed by atoms with Crippen molar-refractivity contribution in [1.29, 1.82) is 0 Å². The first-order chi connectivity index (χ1) is 13.0. The van der Waals surface area contributed by atoms with Crippen molar-refractivity contribution in [3.05, 3.63) is 65.4 Å². The summed E-state index contributed by atoms with van der Waals surface area (Å²) in [5.74, 6) is -0.207. The number of fused-ring (bicyclic) bond motifs is 1. The van der Waals surface area contributed by atoms with E-state index in [0.717, 1.165) is 0 Å². The van der Waals surface area contributed by atoms with Gasteiger partial charge in [0.25, 0.3) is 0 Å². The van der Waals surface area contributed by atoms with Gasteiger partial charge in [-0.3, -0.25) is 9.20 Å². The minimum Gasteiger partial charge on any atom is -0.490 e. The SMILES string of the molecule is CCOc1cccn2c(C(=O)C[C@@H](CO)Cc3ccccc3F)c(C)nc12. The first-order valence-corrected chi connectivity index (χ1v) is 9.03. The third kappa shape index (κ3) is 4.01. The first-order valence-electron chi connectivity index (χ1n) is 9.03. The quantitative estimate of drug-likeness (QED) is 0.616. The van der Waals surface area contributed by atoms with Gasteiger partial charge in [0.05, 0.1) is 12.3 Å². The van der Waals surface area contributed by atoms with Crippen LogP contribution in [0.4, 0.5) is 4.39 Å². The Morgan fingerprint density at radius 1 is 1.30 bits per heavy atom. The Kier molecular flexibility index (Phi) is 5.86. The Bertz CT molecular complexity index is 952. The summed E-state index contributed by atoms with van der Waals surface area (Å²) in [5, 5.41) is 9.70. The molecule has 0 bridgehead atoms. The topological polar surface area (TPSA) is 63.8 Å². The maximum absolute atomic E-state index is 13.9. The average molecular weight is 370 g/mol. The van der Waals surface area contributed by atoms with Crippen LogP contribution >= 0.6 is 0 Å². The van der Waals surface area contributed by atoms with E-state index in [2.05, 4.69) is 4.98 Å². The molecule has 27 heavy (non-hydrogen) atoms. The Morgan fingerprint density at radius 3 is 2.78 bits per heavy atom. The van der Waals surface area contributed by atoms with Gasteiger partial charge in [-0.15, -0.1) is 0 Å². The molecule has 0 saturated carbocycles. The van der Waals surface area contributed by atoms with Crippen LogP contribution in [0.5, 0.6) is 5.75 Å². The molecule has 1 atom stereocenters. The maximum Gasteiger partial charge on any atom is 0.181 e. The van der Waals surface area contributed by atoms with Crippen LogP contribution in [-0.2, 0) is 6.42 Å². The van der Waals surface area contributed by atoms with Crippen molar-refractivity contribution in [2.75, 3.05) is 13.2 Å². The number of carbonyl (C=O) groups is 1. The summed E-state index contributed by atoms with van der Waals surface area (Å²) in [4.78, 5) is 17.4. The molecule has 0 unspecified atom stereocenters. The number of aliphatic hydroxyl groups is 1. The lowest BCUT2D eigenvalue weighted by Crippen LogP contribution is -2.17. The molecule has 0 radical (unpaired) electrons. The Morgan fingerprint density at radius 2 is 2.07 bits per heavy atom. The smallest absolute Gasteiger partial charge is 0.181 e. The number of Topliss-reactive ketones (excluding diaryl/α,β-unsaturated/α-hetero) is 1. The number of pyridine rings is 1. The van der Waals surface area contributed by atoms with E-state index in [4.69, 9.17) is 4.74 Å². The molecule has 3 aromatic rings. The highest BCUT2D eigenvalue weighted by Crippen LogP contribution is 2.24. The Balaban J connectivity index is 1.86. The van der Waals surface area contributed by atoms with E-state index in [-0.39, 0.29) is 30.5 Å². The highest BCUT2D eigenvalue weighted by molar-refractivity contribution is 5.96. The van der Waals surface area contributed by atoms with Crippen LogP contribution in [0.1, 0.15) is 35.1 Å². The van der Waals surface area contributed by atoms with Crippen molar-refractivity contribution in [2.24, 2.45) is 5.92 Å². The Hall–Kier alpha value is -2.73. The van der Waals surface area contributed by atoms with Crippen molar-refractivity contribution >= 4 is 11.4 Å². The van der Waals surface area contributed by atoms with Gasteiger partial charge in [-0.2, -0.15) is 0 Å². The summed E-state index contributed by atoms with van der Waals surface area (Å²) in [6.45, 7) is 3.98. The van der Waals surface area contributed by atoms with Crippen LogP contribution in [-0.4, -0.2) is 33.5 Å². The minimum absolute atomic E-state index is 0.109. The van der Waals surface area contributed by atoms with Gasteiger partial charge in [-0.05, 0) is 49.9 Å². The second kappa shape index (κ2) is 8.31. The van der Waals surface area contributed by atoms with Gasteiger partial charge < -0.3 is 9.84 Å². The van der Waals surface area contributed by atoms with Crippen LogP contribution in [0.25, 0.3) is 5.65 Å². The summed E-state index contributed by atoms with van der Waals surface area (Å²) in [7, 11) is 0. The monoisotopic (exact) mass is 370 g/mol. The van der Waals surface area contributed by atoms with Gasteiger partial charge in [-0.25, -0.2) is 9.37 Å². The average Bonchev–Trinajstić information content (AvgIpc) is 3.00. The van der Waals surface area contributed by atoms with Gasteiger partial charge in [0.15, 0.2) is 17.2 Å². The van der Waals surface area contributed by atoms with Gasteiger partial charge in [-0.1, -0.05) is 18.2 Å². The molecule has 0 fully saturated rings. The number of ether oxygens (including phenoxy) is 1. The number of aryl methyl sites for hydroxylation is 1. The maximum atomic E-state index is 13.9. The molecule has 1 aromatic carbocycles. The highest BCUT2D eigenvalue weighted by Gasteiger charge is 2.22. The van der Waals surface area contributed by atoms with Gasteiger partial charge in [0, 0.05) is 19.2 Å². The fourth-order valence-corrected chi connectivity index (χ4v) is 3.30. The van der Waals surface area contributed by atoms with Crippen molar-refractivity contribution in [3.63, 3.8) is 0 Å². The third-order valence-corrected chi connectivity index (χ3v) is 4.55. The first kappa shape index (κ1) is 19.0. The summed E-state index contributed by atoms with van der Waals surface area (Å²) in [6, 6.07) is 10.0. The highest BCUT2D eigenvalue weighted by atomic mass is 19.1. The van der Waals surface area contributed by atoms with Crippen LogP contribution in [0.3, 0.4) is 0 Å². The van der Waals surface area contributed by atoms with E-state index < -0.39 is 0 Å². The molecule has 0 amide bonds. The van der Waals surface area contributed by atoms with E-state index in [1.807, 2.05) is 13.0 Å². The van der Waals surface area contributed by atoms with E-state index in [1.165, 1.54) is 6.07 Å². The summed E-state index contributed by atoms with van der Waals surface area (Å²) >= 11 is 0. The zero-order valence-electron chi connectivity index (χ0n) is 15.5. The van der Waals surface area contributed by atoms with E-state index in [9.17, 15) is 14.3 Å². The number of carbonyl (C=O) groups excluding carboxylic acids is 1. The van der Waals surface area contributed by atoms with E-state index in [1.54, 1.807) is 41.8 Å². The molecule has 0 aliphatic rings. The molecule has 0 aliphatic heterocycles. The van der Waals surface area contributed by atoms with E-state index >= 15 is 0 Å². The fraction of sp³-hybridized carbons (Fsp3) is 0.333. The number of aromatic nitrogens is 2. The molecular formula is C21H23FN2O3. The molecule has 5 nitrogen and oxygen atoms in total. The minimum atomic E-state index is -0.366. The molecule has 1 N–H and O–H groups in total. The standard InChI is InChI=1S/C21H23FN2O3/c1-3-27-19-9-6-10-24-20(14(2)23-21(19)24)18(26)12-15(13-25)11-16-7-4-5-8-17(16)22/h4-10,15,25H,3,11-13H2,1-2H3/t15-/m0/s1. The third-order valence-electron chi connectivity index (χ3n) is 4.55. The van der Waals surface area contributed by atoms with Crippen LogP contribution in [0.2, 0.25) is 0 Å². The largest absolute Gasteiger partial charge is 0.490 e. The van der Waals surface area contributed by atoms with Gasteiger partial charge in [0.2, 0.25) is 0 Å². The molecule has 142 valence electrons. The molecule has 0 spiro atoms. The number of hydrogen-bond acceptors (Lipinski definition) is 4. The van der Waals surface area contributed by atoms with Crippen molar-refractivity contribution < 1.29 is 19.0 Å². The molecule has 2 heterocycles. The number of imidazole rings is 1. The van der Waals surface area contributed by atoms with E-state index in [0.29, 0.717) is 41.4 Å². The summed E-state index contributed by atoms with van der Waals surface area (Å²) in [6.07, 6.45) is 2.18. The number of ketones is 1. The lowest BCUT2D eigenvalue weighted by atomic mass is 9.93. The lowest BCUT2D eigenvalue weighted by Gasteiger charge is -2.14. The molecule has 2 aromatic heterocycles. The molecule has 0 saturated heterocycles. The normalized spacial score (nSPS) is 12.3. The lowest BCUT2D eigenvalue weighted by molar-refractivity contribution is 0.0929. The number of rotatable bonds is 8. The molecule has 0 aliphatic carbocycles. The number of hydrogen-bond donors (Lipinski definition) is 1. The number of halogens is 1. The van der Waals surface area contributed by atoms with Crippen LogP contribution in [0.15, 0.2) is 42.6 Å². The molecular weight excluding hydrogens is 347 g/mol. The second-order valence-electron chi connectivity index (χ2n) is 6.52. The molecule has 3 rings (SSSR count). The number of nitrogens with zero attached hydrogens (tertiary/aromatic N) is 2. The second-order valence-corrected chi connectivity index (χ2v) is 6.52. The Labute approximate surface area is 157 Å². The van der Waals surface area contributed by atoms with Crippen molar-refractivity contribution in [1.82, 2.24) is 9.38 Å². The molecule has 6 heteroatoms. The van der Waals surface area contributed by atoms with Crippen molar-refractivity contribution in [2.45, 2.75) is 26.7 Å². The van der Waals surface area contributed by atoms with Gasteiger partial charge >= 0.3 is 0 Å². The number of benzene rings is 1. The predicted octanol–water partition coefficient (Wildman–Crippen LogP) is 3.60. The van der Waals surface area contributed by atoms with Crippen LogP contribution in [0, 0.1) is 18.7 Å². The zero-order chi connectivity index (χ0) is 19.4.